The zero-order valence-corrected chi connectivity index (χ0v) is 12.4. The van der Waals surface area contributed by atoms with Crippen LogP contribution in [0.5, 0.6) is 11.5 Å². The minimum atomic E-state index is -0.00559. The van der Waals surface area contributed by atoms with Crippen molar-refractivity contribution in [3.05, 3.63) is 18.2 Å². The molecule has 116 valence electrons. The van der Waals surface area contributed by atoms with Crippen molar-refractivity contribution >= 4 is 11.6 Å². The van der Waals surface area contributed by atoms with Crippen molar-refractivity contribution in [1.29, 1.82) is 0 Å². The van der Waals surface area contributed by atoms with Crippen LogP contribution in [0.15, 0.2) is 23.2 Å². The lowest BCUT2D eigenvalue weighted by molar-refractivity contribution is 0.185. The third-order valence-electron chi connectivity index (χ3n) is 2.90. The van der Waals surface area contributed by atoms with E-state index in [1.165, 1.54) is 0 Å². The number of guanidine groups is 1. The van der Waals surface area contributed by atoms with Crippen molar-refractivity contribution in [1.82, 2.24) is 5.43 Å². The van der Waals surface area contributed by atoms with Crippen molar-refractivity contribution < 1.29 is 14.2 Å². The van der Waals surface area contributed by atoms with Crippen LogP contribution >= 0.6 is 0 Å². The van der Waals surface area contributed by atoms with Gasteiger partial charge in [0, 0.05) is 25.3 Å². The summed E-state index contributed by atoms with van der Waals surface area (Å²) in [6, 6.07) is 5.62. The number of rotatable bonds is 4. The Morgan fingerprint density at radius 1 is 1.38 bits per heavy atom. The minimum absolute atomic E-state index is 0.00559. The molecule has 0 aromatic heterocycles. The van der Waals surface area contributed by atoms with Crippen LogP contribution in [0.3, 0.4) is 0 Å². The summed E-state index contributed by atoms with van der Waals surface area (Å²) in [5, 5.41) is 3.11. The van der Waals surface area contributed by atoms with Crippen molar-refractivity contribution in [3.8, 4) is 11.5 Å². The first-order valence-corrected chi connectivity index (χ1v) is 6.93. The van der Waals surface area contributed by atoms with E-state index in [9.17, 15) is 0 Å². The topological polar surface area (TPSA) is 90.1 Å². The highest BCUT2D eigenvalue weighted by molar-refractivity contribution is 5.93. The number of hydrogen-bond acceptors (Lipinski definition) is 5. The van der Waals surface area contributed by atoms with E-state index in [-0.39, 0.29) is 6.04 Å². The molecule has 1 aromatic carbocycles. The maximum atomic E-state index is 5.65. The lowest BCUT2D eigenvalue weighted by atomic mass is 10.3. The maximum Gasteiger partial charge on any atom is 0.210 e. The Morgan fingerprint density at radius 2 is 2.14 bits per heavy atom. The Morgan fingerprint density at radius 3 is 2.86 bits per heavy atom. The Hall–Kier alpha value is -1.99. The smallest absolute Gasteiger partial charge is 0.210 e. The summed E-state index contributed by atoms with van der Waals surface area (Å²) in [6.45, 7) is 3.78. The van der Waals surface area contributed by atoms with E-state index in [2.05, 4.69) is 15.7 Å². The number of benzene rings is 1. The molecule has 0 fully saturated rings. The number of aliphatic imine (C=N–C) groups is 1. The van der Waals surface area contributed by atoms with Crippen LogP contribution in [0.25, 0.3) is 0 Å². The van der Waals surface area contributed by atoms with Crippen LogP contribution in [0, 0.1) is 0 Å². The van der Waals surface area contributed by atoms with Crippen LogP contribution in [-0.2, 0) is 4.74 Å². The number of hydrazine groups is 1. The third kappa shape index (κ3) is 4.51. The number of nitrogens with two attached hydrogens (primary N) is 1. The van der Waals surface area contributed by atoms with Crippen LogP contribution in [0.2, 0.25) is 0 Å². The van der Waals surface area contributed by atoms with Gasteiger partial charge in [0.2, 0.25) is 5.96 Å². The average molecular weight is 294 g/mol. The molecule has 1 unspecified atom stereocenters. The molecule has 1 aromatic rings. The van der Waals surface area contributed by atoms with Gasteiger partial charge in [0.1, 0.15) is 0 Å². The summed E-state index contributed by atoms with van der Waals surface area (Å²) in [4.78, 5) is 4.38. The molecule has 0 aliphatic carbocycles. The molecule has 0 saturated carbocycles. The zero-order valence-electron chi connectivity index (χ0n) is 12.4. The minimum Gasteiger partial charge on any atom is -0.490 e. The highest BCUT2D eigenvalue weighted by Crippen LogP contribution is 2.32. The predicted octanol–water partition coefficient (Wildman–Crippen LogP) is 1.11. The van der Waals surface area contributed by atoms with Crippen LogP contribution in [0.1, 0.15) is 13.3 Å². The highest BCUT2D eigenvalue weighted by Gasteiger charge is 2.11. The van der Waals surface area contributed by atoms with Crippen molar-refractivity contribution in [2.24, 2.45) is 10.8 Å². The molecule has 0 saturated heterocycles. The first kappa shape index (κ1) is 15.4. The van der Waals surface area contributed by atoms with Gasteiger partial charge in [-0.15, -0.1) is 0 Å². The Labute approximate surface area is 124 Å². The molecule has 7 nitrogen and oxygen atoms in total. The van der Waals surface area contributed by atoms with Gasteiger partial charge in [-0.25, -0.2) is 10.8 Å². The number of fused-ring (bicyclic) bond motifs is 1. The largest absolute Gasteiger partial charge is 0.490 e. The van der Waals surface area contributed by atoms with Gasteiger partial charge in [0.15, 0.2) is 11.5 Å². The maximum absolute atomic E-state index is 5.65. The van der Waals surface area contributed by atoms with E-state index in [1.807, 2.05) is 25.1 Å². The van der Waals surface area contributed by atoms with Crippen molar-refractivity contribution in [2.75, 3.05) is 32.2 Å². The third-order valence-corrected chi connectivity index (χ3v) is 2.90. The molecule has 1 aliphatic heterocycles. The fourth-order valence-corrected chi connectivity index (χ4v) is 1.98. The molecule has 0 radical (unpaired) electrons. The van der Waals surface area contributed by atoms with E-state index < -0.39 is 0 Å². The summed E-state index contributed by atoms with van der Waals surface area (Å²) < 4.78 is 16.3. The quantitative estimate of drug-likeness (QED) is 0.334. The van der Waals surface area contributed by atoms with Crippen molar-refractivity contribution in [3.63, 3.8) is 0 Å². The summed E-state index contributed by atoms with van der Waals surface area (Å²) in [5.41, 5.74) is 3.36. The van der Waals surface area contributed by atoms with Gasteiger partial charge in [-0.3, -0.25) is 5.43 Å². The van der Waals surface area contributed by atoms with Gasteiger partial charge in [-0.1, -0.05) is 0 Å². The van der Waals surface area contributed by atoms with Gasteiger partial charge in [0.25, 0.3) is 0 Å². The predicted molar refractivity (Wildman–Crippen MR) is 81.8 cm³/mol. The molecule has 0 spiro atoms. The molecular weight excluding hydrogens is 272 g/mol. The molecule has 2 rings (SSSR count). The summed E-state index contributed by atoms with van der Waals surface area (Å²) >= 11 is 0. The number of methoxy groups -OCH3 is 1. The van der Waals surface area contributed by atoms with E-state index in [0.29, 0.717) is 25.8 Å². The van der Waals surface area contributed by atoms with Crippen LogP contribution in [0.4, 0.5) is 5.69 Å². The number of anilines is 1. The van der Waals surface area contributed by atoms with Gasteiger partial charge in [-0.2, -0.15) is 0 Å². The fourth-order valence-electron chi connectivity index (χ4n) is 1.98. The Kier molecular flexibility index (Phi) is 5.65. The molecule has 21 heavy (non-hydrogen) atoms. The molecule has 0 bridgehead atoms. The number of hydrogen-bond donors (Lipinski definition) is 3. The summed E-state index contributed by atoms with van der Waals surface area (Å²) in [6.07, 6.45) is 0.878. The van der Waals surface area contributed by atoms with Crippen LogP contribution in [-0.4, -0.2) is 38.9 Å². The van der Waals surface area contributed by atoms with E-state index in [4.69, 9.17) is 20.1 Å². The van der Waals surface area contributed by atoms with Gasteiger partial charge < -0.3 is 19.5 Å². The zero-order chi connectivity index (χ0) is 15.1. The number of nitrogens with one attached hydrogen (secondary N) is 2. The van der Waals surface area contributed by atoms with Gasteiger partial charge >= 0.3 is 0 Å². The Balaban J connectivity index is 2.09. The average Bonchev–Trinajstić information content (AvgIpc) is 2.71. The lowest BCUT2D eigenvalue weighted by Crippen LogP contribution is -2.37. The number of nitrogens with zero attached hydrogens (tertiary/aromatic N) is 1. The normalized spacial score (nSPS) is 16.0. The molecular formula is C14H22N4O3. The lowest BCUT2D eigenvalue weighted by Gasteiger charge is -2.14. The first-order chi connectivity index (χ1) is 10.2. The van der Waals surface area contributed by atoms with E-state index in [0.717, 1.165) is 23.6 Å². The molecule has 1 heterocycles. The second-order valence-corrected chi connectivity index (χ2v) is 4.76. The second-order valence-electron chi connectivity index (χ2n) is 4.76. The Bertz CT molecular complexity index is 493. The monoisotopic (exact) mass is 294 g/mol. The molecule has 1 aliphatic rings. The van der Waals surface area contributed by atoms with Gasteiger partial charge in [-0.05, 0) is 19.1 Å². The van der Waals surface area contributed by atoms with Crippen LogP contribution < -0.4 is 26.1 Å². The molecule has 0 amide bonds. The summed E-state index contributed by atoms with van der Waals surface area (Å²) in [5.74, 6) is 7.43. The highest BCUT2D eigenvalue weighted by atomic mass is 16.5. The molecule has 4 N–H and O–H groups in total. The van der Waals surface area contributed by atoms with E-state index in [1.54, 1.807) is 7.11 Å². The van der Waals surface area contributed by atoms with Gasteiger partial charge in [0.05, 0.1) is 25.9 Å². The molecule has 1 atom stereocenters. The fraction of sp³-hybridized carbons (Fsp3) is 0.500. The second kappa shape index (κ2) is 7.70. The standard InChI is InChI=1S/C14H22N4O3/c1-10(9-19-2)16-14(18-15)17-11-4-5-12-13(8-11)21-7-3-6-20-12/h4-5,8,10H,3,6-7,9,15H2,1-2H3,(H2,16,17,18). The van der Waals surface area contributed by atoms with Crippen molar-refractivity contribution in [2.45, 2.75) is 19.4 Å². The first-order valence-electron chi connectivity index (χ1n) is 6.93. The molecule has 7 heteroatoms. The SMILES string of the molecule is COCC(C)N=C(NN)Nc1ccc2c(c1)OCCCO2. The number of ether oxygens (including phenoxy) is 3. The van der Waals surface area contributed by atoms with E-state index >= 15 is 0 Å². The summed E-state index contributed by atoms with van der Waals surface area (Å²) in [7, 11) is 1.64.